The van der Waals surface area contributed by atoms with Crippen LogP contribution >= 0.6 is 11.3 Å². The van der Waals surface area contributed by atoms with Gasteiger partial charge in [0.25, 0.3) is 5.91 Å². The first-order valence-electron chi connectivity index (χ1n) is 6.65. The zero-order valence-corrected chi connectivity index (χ0v) is 12.7. The van der Waals surface area contributed by atoms with Crippen LogP contribution in [0.4, 0.5) is 18.3 Å². The number of aryl methyl sites for hydroxylation is 2. The van der Waals surface area contributed by atoms with Crippen molar-refractivity contribution in [2.24, 2.45) is 7.05 Å². The molecule has 0 aromatic carbocycles. The van der Waals surface area contributed by atoms with Crippen molar-refractivity contribution in [3.63, 3.8) is 0 Å². The Morgan fingerprint density at radius 2 is 2.14 bits per heavy atom. The van der Waals surface area contributed by atoms with E-state index in [1.165, 1.54) is 11.6 Å². The second-order valence-corrected chi connectivity index (χ2v) is 6.26. The molecule has 5 nitrogen and oxygen atoms in total. The minimum atomic E-state index is -4.46. The highest BCUT2D eigenvalue weighted by molar-refractivity contribution is 7.16. The summed E-state index contributed by atoms with van der Waals surface area (Å²) in [5, 5.41) is 6.64. The number of nitrogens with zero attached hydrogens (tertiary/aromatic N) is 3. The topological polar surface area (TPSA) is 59.8 Å². The van der Waals surface area contributed by atoms with E-state index in [-0.39, 0.29) is 16.7 Å². The quantitative estimate of drug-likeness (QED) is 0.939. The SMILES string of the molecule is Cc1nc(NC(=O)c2cn(C)nc2C2CC2)sc1C(F)(F)F. The lowest BCUT2D eigenvalue weighted by Gasteiger charge is -2.02. The molecule has 118 valence electrons. The van der Waals surface area contributed by atoms with E-state index in [9.17, 15) is 18.0 Å². The molecule has 0 radical (unpaired) electrons. The molecular formula is C13H13F3N4OS. The van der Waals surface area contributed by atoms with E-state index in [4.69, 9.17) is 0 Å². The molecule has 1 fully saturated rings. The van der Waals surface area contributed by atoms with E-state index < -0.39 is 17.0 Å². The van der Waals surface area contributed by atoms with Gasteiger partial charge in [0.2, 0.25) is 0 Å². The van der Waals surface area contributed by atoms with Crippen molar-refractivity contribution in [3.8, 4) is 0 Å². The number of amides is 1. The van der Waals surface area contributed by atoms with Crippen molar-refractivity contribution in [2.75, 3.05) is 5.32 Å². The number of halogens is 3. The van der Waals surface area contributed by atoms with E-state index in [1.807, 2.05) is 0 Å². The maximum Gasteiger partial charge on any atom is 0.427 e. The van der Waals surface area contributed by atoms with Gasteiger partial charge in [-0.2, -0.15) is 18.3 Å². The lowest BCUT2D eigenvalue weighted by molar-refractivity contribution is -0.134. The molecule has 9 heteroatoms. The standard InChI is InChI=1S/C13H13F3N4OS/c1-6-10(13(14,15)16)22-12(17-6)18-11(21)8-5-20(2)19-9(8)7-3-4-7/h5,7H,3-4H2,1-2H3,(H,17,18,21). The molecule has 1 aliphatic rings. The van der Waals surface area contributed by atoms with Gasteiger partial charge in [-0.1, -0.05) is 11.3 Å². The molecule has 1 N–H and O–H groups in total. The van der Waals surface area contributed by atoms with Crippen LogP contribution in [-0.2, 0) is 13.2 Å². The third-order valence-electron chi connectivity index (χ3n) is 3.34. The van der Waals surface area contributed by atoms with Crippen LogP contribution < -0.4 is 5.32 Å². The number of alkyl halides is 3. The summed E-state index contributed by atoms with van der Waals surface area (Å²) in [5.74, 6) is -0.205. The van der Waals surface area contributed by atoms with Crippen molar-refractivity contribution in [2.45, 2.75) is 31.9 Å². The molecule has 0 bridgehead atoms. The molecule has 2 aromatic heterocycles. The van der Waals surface area contributed by atoms with E-state index in [0.717, 1.165) is 12.8 Å². The molecule has 1 amide bonds. The van der Waals surface area contributed by atoms with Crippen molar-refractivity contribution < 1.29 is 18.0 Å². The lowest BCUT2D eigenvalue weighted by atomic mass is 10.2. The molecule has 2 heterocycles. The molecule has 2 aromatic rings. The third-order valence-corrected chi connectivity index (χ3v) is 4.46. The largest absolute Gasteiger partial charge is 0.427 e. The Hall–Kier alpha value is -1.90. The Morgan fingerprint density at radius 3 is 2.68 bits per heavy atom. The molecule has 0 unspecified atom stereocenters. The fraction of sp³-hybridized carbons (Fsp3) is 0.462. The smallest absolute Gasteiger partial charge is 0.298 e. The summed E-state index contributed by atoms with van der Waals surface area (Å²) in [6.45, 7) is 1.27. The Morgan fingerprint density at radius 1 is 1.45 bits per heavy atom. The van der Waals surface area contributed by atoms with Crippen molar-refractivity contribution in [1.82, 2.24) is 14.8 Å². The maximum absolute atomic E-state index is 12.7. The van der Waals surface area contributed by atoms with Crippen LogP contribution in [-0.4, -0.2) is 20.7 Å². The van der Waals surface area contributed by atoms with E-state index in [2.05, 4.69) is 15.4 Å². The number of carbonyl (C=O) groups excluding carboxylic acids is 1. The van der Waals surface area contributed by atoms with Crippen LogP contribution in [0, 0.1) is 6.92 Å². The Bertz CT molecular complexity index is 730. The predicted octanol–water partition coefficient (Wildman–Crippen LogP) is 3.33. The molecule has 1 saturated carbocycles. The first kappa shape index (κ1) is 15.0. The van der Waals surface area contributed by atoms with E-state index in [1.54, 1.807) is 13.2 Å². The van der Waals surface area contributed by atoms with E-state index in [0.29, 0.717) is 22.6 Å². The minimum Gasteiger partial charge on any atom is -0.298 e. The third kappa shape index (κ3) is 2.85. The number of hydrogen-bond acceptors (Lipinski definition) is 4. The van der Waals surface area contributed by atoms with Crippen molar-refractivity contribution >= 4 is 22.4 Å². The number of anilines is 1. The number of carbonyl (C=O) groups is 1. The first-order chi connectivity index (χ1) is 10.3. The normalized spacial score (nSPS) is 15.1. The number of aromatic nitrogens is 3. The van der Waals surface area contributed by atoms with E-state index >= 15 is 0 Å². The van der Waals surface area contributed by atoms with Gasteiger partial charge in [-0.05, 0) is 19.8 Å². The second kappa shape index (κ2) is 5.08. The van der Waals surface area contributed by atoms with Crippen LogP contribution in [0.15, 0.2) is 6.20 Å². The van der Waals surface area contributed by atoms with Gasteiger partial charge in [0, 0.05) is 19.2 Å². The van der Waals surface area contributed by atoms with Gasteiger partial charge in [-0.25, -0.2) is 4.98 Å². The molecule has 0 saturated heterocycles. The summed E-state index contributed by atoms with van der Waals surface area (Å²) in [4.78, 5) is 15.3. The number of rotatable bonds is 3. The number of nitrogens with one attached hydrogen (secondary N) is 1. The minimum absolute atomic E-state index is 0.0552. The molecule has 22 heavy (non-hydrogen) atoms. The summed E-state index contributed by atoms with van der Waals surface area (Å²) >= 11 is 0.431. The molecule has 0 aliphatic heterocycles. The number of hydrogen-bond donors (Lipinski definition) is 1. The molecule has 0 atom stereocenters. The fourth-order valence-corrected chi connectivity index (χ4v) is 3.04. The van der Waals surface area contributed by atoms with Crippen LogP contribution in [0.5, 0.6) is 0 Å². The summed E-state index contributed by atoms with van der Waals surface area (Å²) in [5.41, 5.74) is 0.956. The van der Waals surface area contributed by atoms with Crippen molar-refractivity contribution in [3.05, 3.63) is 28.0 Å². The first-order valence-corrected chi connectivity index (χ1v) is 7.47. The average Bonchev–Trinajstić information content (AvgIpc) is 3.07. The second-order valence-electron chi connectivity index (χ2n) is 5.26. The highest BCUT2D eigenvalue weighted by Gasteiger charge is 2.36. The zero-order chi connectivity index (χ0) is 16.1. The maximum atomic E-state index is 12.7. The average molecular weight is 330 g/mol. The van der Waals surface area contributed by atoms with Crippen molar-refractivity contribution in [1.29, 1.82) is 0 Å². The van der Waals surface area contributed by atoms with Crippen LogP contribution in [0.2, 0.25) is 0 Å². The van der Waals surface area contributed by atoms with Crippen LogP contribution in [0.25, 0.3) is 0 Å². The Kier molecular flexibility index (Phi) is 3.47. The van der Waals surface area contributed by atoms with Crippen LogP contribution in [0.3, 0.4) is 0 Å². The molecule has 1 aliphatic carbocycles. The Labute approximate surface area is 128 Å². The Balaban J connectivity index is 1.83. The summed E-state index contributed by atoms with van der Waals surface area (Å²) < 4.78 is 39.8. The summed E-state index contributed by atoms with van der Waals surface area (Å²) in [6, 6.07) is 0. The van der Waals surface area contributed by atoms with Crippen LogP contribution in [0.1, 0.15) is 45.4 Å². The highest BCUT2D eigenvalue weighted by atomic mass is 32.1. The fourth-order valence-electron chi connectivity index (χ4n) is 2.22. The van der Waals surface area contributed by atoms with Gasteiger partial charge in [0.1, 0.15) is 4.88 Å². The number of thiazole rings is 1. The van der Waals surface area contributed by atoms with Gasteiger partial charge >= 0.3 is 6.18 Å². The van der Waals surface area contributed by atoms with Gasteiger partial charge in [0.05, 0.1) is 17.0 Å². The van der Waals surface area contributed by atoms with Gasteiger partial charge in [-0.3, -0.25) is 14.8 Å². The molecular weight excluding hydrogens is 317 g/mol. The highest BCUT2D eigenvalue weighted by Crippen LogP contribution is 2.41. The monoisotopic (exact) mass is 330 g/mol. The predicted molar refractivity (Wildman–Crippen MR) is 75.0 cm³/mol. The lowest BCUT2D eigenvalue weighted by Crippen LogP contribution is -2.12. The molecule has 0 spiro atoms. The summed E-state index contributed by atoms with van der Waals surface area (Å²) in [6.07, 6.45) is -0.927. The van der Waals surface area contributed by atoms with Gasteiger partial charge < -0.3 is 0 Å². The zero-order valence-electron chi connectivity index (χ0n) is 11.9. The summed E-state index contributed by atoms with van der Waals surface area (Å²) in [7, 11) is 1.71. The molecule has 3 rings (SSSR count). The van der Waals surface area contributed by atoms with Gasteiger partial charge in [0.15, 0.2) is 5.13 Å². The van der Waals surface area contributed by atoms with Gasteiger partial charge in [-0.15, -0.1) is 0 Å².